The van der Waals surface area contributed by atoms with E-state index in [2.05, 4.69) is 6.08 Å². The zero-order valence-electron chi connectivity index (χ0n) is 14.0. The van der Waals surface area contributed by atoms with E-state index in [4.69, 9.17) is 16.3 Å². The molecule has 124 valence electrons. The van der Waals surface area contributed by atoms with Gasteiger partial charge in [-0.05, 0) is 51.3 Å². The highest BCUT2D eigenvalue weighted by Gasteiger charge is 2.24. The Morgan fingerprint density at radius 2 is 1.96 bits per heavy atom. The van der Waals surface area contributed by atoms with Crippen LogP contribution in [-0.4, -0.2) is 29.7 Å². The van der Waals surface area contributed by atoms with Crippen molar-refractivity contribution in [3.63, 3.8) is 0 Å². The summed E-state index contributed by atoms with van der Waals surface area (Å²) in [7, 11) is 0. The molecule has 0 aromatic heterocycles. The summed E-state index contributed by atoms with van der Waals surface area (Å²) in [6.07, 6.45) is 7.78. The van der Waals surface area contributed by atoms with E-state index in [1.54, 1.807) is 4.90 Å². The molecule has 0 atom stereocenters. The van der Waals surface area contributed by atoms with Crippen molar-refractivity contribution in [3.05, 3.63) is 52.6 Å². The van der Waals surface area contributed by atoms with Crippen molar-refractivity contribution in [1.29, 1.82) is 0 Å². The van der Waals surface area contributed by atoms with Crippen LogP contribution in [0.5, 0.6) is 0 Å². The molecule has 0 saturated carbocycles. The second kappa shape index (κ2) is 7.69. The van der Waals surface area contributed by atoms with Gasteiger partial charge in [0.2, 0.25) is 0 Å². The molecule has 1 aromatic carbocycles. The number of allylic oxidation sites excluding steroid dienone is 2. The fraction of sp³-hybridized carbons (Fsp3) is 0.421. The van der Waals surface area contributed by atoms with E-state index >= 15 is 0 Å². The molecule has 2 rings (SSSR count). The van der Waals surface area contributed by atoms with Crippen molar-refractivity contribution in [2.75, 3.05) is 13.1 Å². The van der Waals surface area contributed by atoms with Gasteiger partial charge in [-0.1, -0.05) is 47.5 Å². The van der Waals surface area contributed by atoms with Crippen LogP contribution in [0.15, 0.2) is 42.0 Å². The van der Waals surface area contributed by atoms with Crippen molar-refractivity contribution < 1.29 is 9.53 Å². The van der Waals surface area contributed by atoms with Crippen LogP contribution in [0.4, 0.5) is 4.79 Å². The smallest absolute Gasteiger partial charge is 0.410 e. The lowest BCUT2D eigenvalue weighted by molar-refractivity contribution is 0.0236. The zero-order chi connectivity index (χ0) is 16.9. The van der Waals surface area contributed by atoms with Gasteiger partial charge in [0.15, 0.2) is 0 Å². The van der Waals surface area contributed by atoms with Gasteiger partial charge in [0.05, 0.1) is 0 Å². The minimum Gasteiger partial charge on any atom is -0.444 e. The summed E-state index contributed by atoms with van der Waals surface area (Å²) in [6.45, 7) is 7.10. The average Bonchev–Trinajstić information content (AvgIpc) is 2.46. The molecule has 0 bridgehead atoms. The minimum absolute atomic E-state index is 0.217. The van der Waals surface area contributed by atoms with Gasteiger partial charge >= 0.3 is 6.09 Å². The van der Waals surface area contributed by atoms with Crippen LogP contribution in [0, 0.1) is 0 Å². The Balaban J connectivity index is 1.85. The van der Waals surface area contributed by atoms with E-state index in [1.807, 2.05) is 57.2 Å². The molecular weight excluding hydrogens is 310 g/mol. The number of carbonyl (C=O) groups excluding carboxylic acids is 1. The molecule has 23 heavy (non-hydrogen) atoms. The topological polar surface area (TPSA) is 29.5 Å². The van der Waals surface area contributed by atoms with Crippen molar-refractivity contribution in [1.82, 2.24) is 4.90 Å². The number of rotatable bonds is 2. The van der Waals surface area contributed by atoms with E-state index in [0.717, 1.165) is 23.4 Å². The Morgan fingerprint density at radius 1 is 1.26 bits per heavy atom. The Kier molecular flexibility index (Phi) is 5.89. The first-order chi connectivity index (χ1) is 10.8. The number of amides is 1. The average molecular weight is 334 g/mol. The lowest BCUT2D eigenvalue weighted by Gasteiger charge is -2.30. The first kappa shape index (κ1) is 17.6. The van der Waals surface area contributed by atoms with Crippen LogP contribution in [0.25, 0.3) is 6.08 Å². The van der Waals surface area contributed by atoms with Gasteiger partial charge in [0.25, 0.3) is 0 Å². The lowest BCUT2D eigenvalue weighted by Crippen LogP contribution is -2.40. The van der Waals surface area contributed by atoms with Gasteiger partial charge in [-0.15, -0.1) is 0 Å². The van der Waals surface area contributed by atoms with Gasteiger partial charge in [0.1, 0.15) is 5.60 Å². The molecule has 1 heterocycles. The van der Waals surface area contributed by atoms with Crippen molar-refractivity contribution in [3.8, 4) is 0 Å². The van der Waals surface area contributed by atoms with Crippen molar-refractivity contribution >= 4 is 23.8 Å². The standard InChI is InChI=1S/C19H24ClNO2/c1-19(2,3)23-18(22)21-12-10-15(11-13-21)6-4-7-16-8-5-9-17(20)14-16/h4-9,14H,10-13H2,1-3H3. The molecule has 0 unspecified atom stereocenters. The number of ether oxygens (including phenoxy) is 1. The molecule has 0 spiro atoms. The second-order valence-electron chi connectivity index (χ2n) is 6.71. The number of carbonyl (C=O) groups is 1. The Hall–Kier alpha value is -1.74. The lowest BCUT2D eigenvalue weighted by atomic mass is 10.0. The van der Waals surface area contributed by atoms with Crippen molar-refractivity contribution in [2.45, 2.75) is 39.2 Å². The van der Waals surface area contributed by atoms with Crippen LogP contribution in [0.1, 0.15) is 39.2 Å². The second-order valence-corrected chi connectivity index (χ2v) is 7.14. The van der Waals surface area contributed by atoms with Crippen molar-refractivity contribution in [2.24, 2.45) is 0 Å². The Labute approximate surface area is 143 Å². The summed E-state index contributed by atoms with van der Waals surface area (Å²) in [4.78, 5) is 13.8. The number of hydrogen-bond donors (Lipinski definition) is 0. The maximum atomic E-state index is 12.0. The predicted octanol–water partition coefficient (Wildman–Crippen LogP) is 5.31. The summed E-state index contributed by atoms with van der Waals surface area (Å²) in [6, 6.07) is 7.76. The normalized spacial score (nSPS) is 15.8. The van der Waals surface area contributed by atoms with Gasteiger partial charge in [-0.3, -0.25) is 0 Å². The summed E-state index contributed by atoms with van der Waals surface area (Å²) >= 11 is 5.97. The molecule has 4 heteroatoms. The number of hydrogen-bond acceptors (Lipinski definition) is 2. The molecule has 0 radical (unpaired) electrons. The highest BCUT2D eigenvalue weighted by atomic mass is 35.5. The third-order valence-corrected chi connectivity index (χ3v) is 3.76. The monoisotopic (exact) mass is 333 g/mol. The zero-order valence-corrected chi connectivity index (χ0v) is 14.8. The summed E-state index contributed by atoms with van der Waals surface area (Å²) in [5.74, 6) is 0. The molecule has 1 fully saturated rings. The molecule has 1 aliphatic rings. The third kappa shape index (κ3) is 6.11. The maximum Gasteiger partial charge on any atom is 0.410 e. The van der Waals surface area contributed by atoms with Crippen LogP contribution in [0.3, 0.4) is 0 Å². The SMILES string of the molecule is CC(C)(C)OC(=O)N1CCC(=CC=Cc2cccc(Cl)c2)CC1. The molecular formula is C19H24ClNO2. The Bertz CT molecular complexity index is 604. The van der Waals surface area contributed by atoms with E-state index in [-0.39, 0.29) is 6.09 Å². The molecule has 1 amide bonds. The number of halogens is 1. The third-order valence-electron chi connectivity index (χ3n) is 3.53. The molecule has 1 saturated heterocycles. The van der Waals surface area contributed by atoms with E-state index in [1.165, 1.54) is 5.57 Å². The first-order valence-electron chi connectivity index (χ1n) is 7.93. The van der Waals surface area contributed by atoms with Crippen LogP contribution in [0.2, 0.25) is 5.02 Å². The number of likely N-dealkylation sites (tertiary alicyclic amines) is 1. The van der Waals surface area contributed by atoms with E-state index < -0.39 is 5.60 Å². The number of piperidine rings is 1. The molecule has 1 aromatic rings. The van der Waals surface area contributed by atoms with Gasteiger partial charge in [-0.25, -0.2) is 4.79 Å². The molecule has 0 N–H and O–H groups in total. The summed E-state index contributed by atoms with van der Waals surface area (Å²) < 4.78 is 5.40. The minimum atomic E-state index is -0.438. The molecule has 0 aliphatic carbocycles. The fourth-order valence-corrected chi connectivity index (χ4v) is 2.57. The summed E-state index contributed by atoms with van der Waals surface area (Å²) in [5, 5.41) is 0.741. The highest BCUT2D eigenvalue weighted by molar-refractivity contribution is 6.30. The van der Waals surface area contributed by atoms with Crippen LogP contribution >= 0.6 is 11.6 Å². The Morgan fingerprint density at radius 3 is 2.57 bits per heavy atom. The maximum absolute atomic E-state index is 12.0. The van der Waals surface area contributed by atoms with Gasteiger partial charge < -0.3 is 9.64 Å². The van der Waals surface area contributed by atoms with Gasteiger partial charge in [0, 0.05) is 18.1 Å². The van der Waals surface area contributed by atoms with Crippen LogP contribution in [-0.2, 0) is 4.74 Å². The predicted molar refractivity (Wildman–Crippen MR) is 95.6 cm³/mol. The van der Waals surface area contributed by atoms with E-state index in [9.17, 15) is 4.79 Å². The summed E-state index contributed by atoms with van der Waals surface area (Å²) in [5.41, 5.74) is 2.00. The number of benzene rings is 1. The largest absolute Gasteiger partial charge is 0.444 e. The highest BCUT2D eigenvalue weighted by Crippen LogP contribution is 2.19. The quantitative estimate of drug-likeness (QED) is 0.734. The van der Waals surface area contributed by atoms with Gasteiger partial charge in [-0.2, -0.15) is 0 Å². The molecule has 3 nitrogen and oxygen atoms in total. The van der Waals surface area contributed by atoms with E-state index in [0.29, 0.717) is 13.1 Å². The number of nitrogens with zero attached hydrogens (tertiary/aromatic N) is 1. The molecule has 1 aliphatic heterocycles. The first-order valence-corrected chi connectivity index (χ1v) is 8.31. The van der Waals surface area contributed by atoms with Crippen LogP contribution < -0.4 is 0 Å². The fourth-order valence-electron chi connectivity index (χ4n) is 2.38.